The maximum Gasteiger partial charge on any atom is 0.329 e. The second kappa shape index (κ2) is 29.2. The summed E-state index contributed by atoms with van der Waals surface area (Å²) in [6, 6.07) is 5.73. The molecule has 0 aromatic heterocycles. The van der Waals surface area contributed by atoms with E-state index >= 15 is 0 Å². The number of nitrogens with zero attached hydrogens (tertiary/aromatic N) is 2. The van der Waals surface area contributed by atoms with E-state index in [4.69, 9.17) is 20.6 Å². The van der Waals surface area contributed by atoms with Crippen molar-refractivity contribution in [2.45, 2.75) is 170 Å². The fourth-order valence-corrected chi connectivity index (χ4v) is 8.70. The highest BCUT2D eigenvalue weighted by Crippen LogP contribution is 2.30. The molecule has 4 N–H and O–H groups in total. The number of likely N-dealkylation sites (tertiary alicyclic amines) is 1. The molecule has 16 heteroatoms. The Kier molecular flexibility index (Phi) is 25.5. The Morgan fingerprint density at radius 2 is 1.51 bits per heavy atom. The van der Waals surface area contributed by atoms with Gasteiger partial charge in [-0.3, -0.25) is 28.8 Å². The molecule has 0 unspecified atom stereocenters. The van der Waals surface area contributed by atoms with Gasteiger partial charge in [-0.2, -0.15) is 0 Å². The third-order valence-electron chi connectivity index (χ3n) is 13.6. The number of amides is 6. The van der Waals surface area contributed by atoms with Crippen molar-refractivity contribution in [3.05, 3.63) is 35.9 Å². The van der Waals surface area contributed by atoms with Crippen molar-refractivity contribution >= 4 is 41.4 Å². The molecule has 0 aliphatic carbocycles. The number of methoxy groups -OCH3 is 2. The maximum absolute atomic E-state index is 14.4. The average Bonchev–Trinajstić information content (AvgIpc) is 3.80. The van der Waals surface area contributed by atoms with Crippen LogP contribution in [-0.2, 0) is 54.2 Å². The van der Waals surface area contributed by atoms with Crippen molar-refractivity contribution in [2.24, 2.45) is 35.0 Å². The van der Waals surface area contributed by atoms with Gasteiger partial charge >= 0.3 is 5.97 Å². The lowest BCUT2D eigenvalue weighted by Crippen LogP contribution is -2.58. The van der Waals surface area contributed by atoms with Crippen LogP contribution >= 0.6 is 0 Å². The number of esters is 1. The zero-order chi connectivity index (χ0) is 52.2. The largest absolute Gasteiger partial charge is 0.464 e. The first-order chi connectivity index (χ1) is 32.4. The van der Waals surface area contributed by atoms with Crippen LogP contribution in [0.3, 0.4) is 0 Å². The molecule has 6 amide bonds. The minimum atomic E-state index is -0.964. The van der Waals surface area contributed by atoms with E-state index < -0.39 is 71.5 Å². The maximum atomic E-state index is 14.4. The van der Waals surface area contributed by atoms with E-state index in [1.54, 1.807) is 23.8 Å². The van der Waals surface area contributed by atoms with E-state index in [0.29, 0.717) is 25.8 Å². The first-order valence-electron chi connectivity index (χ1n) is 24.9. The third-order valence-corrected chi connectivity index (χ3v) is 13.6. The number of terminal acetylenes is 1. The summed E-state index contributed by atoms with van der Waals surface area (Å²) < 4.78 is 17.6. The molecule has 1 aliphatic rings. The number of ether oxygens (including phenoxy) is 3. The van der Waals surface area contributed by atoms with Crippen molar-refractivity contribution in [2.75, 3.05) is 41.0 Å². The molecular formula is C53H86N6O10. The van der Waals surface area contributed by atoms with Crippen molar-refractivity contribution in [3.63, 3.8) is 0 Å². The molecule has 0 radical (unpaired) electrons. The fourth-order valence-electron chi connectivity index (χ4n) is 8.70. The minimum Gasteiger partial charge on any atom is -0.464 e. The molecule has 0 bridgehead atoms. The van der Waals surface area contributed by atoms with Gasteiger partial charge in [0.05, 0.1) is 43.2 Å². The van der Waals surface area contributed by atoms with Gasteiger partial charge in [0.1, 0.15) is 18.1 Å². The Morgan fingerprint density at radius 3 is 2.06 bits per heavy atom. The quantitative estimate of drug-likeness (QED) is 0.0500. The lowest BCUT2D eigenvalue weighted by Gasteiger charge is -2.41. The first kappa shape index (κ1) is 60.1. The van der Waals surface area contributed by atoms with Crippen LogP contribution in [0.2, 0.25) is 0 Å². The SMILES string of the molecule is C#CCCC(=O)N[C@@H](C(=O)OCCCNC(=O)[C@@H](Cc1ccccc1)NC(=O)[C@@H](C)[C@H](OC)[C@H]1CCCN1C(=O)C[C@H](OC)[C@@H]([C@H](C)CC)N(C)C(=O)[C@H](NC(=O)[C@H](C)C(C)C)C(C)C)C(C)(C)C. The molecule has 1 heterocycles. The average molecular weight is 967 g/mol. The molecule has 2 rings (SSSR count). The molecule has 16 nitrogen and oxygen atoms in total. The van der Waals surface area contributed by atoms with Gasteiger partial charge < -0.3 is 45.3 Å². The fraction of sp³-hybridized carbons (Fsp3) is 0.717. The highest BCUT2D eigenvalue weighted by Gasteiger charge is 2.43. The lowest BCUT2D eigenvalue weighted by atomic mass is 9.86. The minimum absolute atomic E-state index is 0.0146. The van der Waals surface area contributed by atoms with Gasteiger partial charge in [0.25, 0.3) is 0 Å². The number of benzene rings is 1. The Hall–Kier alpha value is -5.01. The number of carbonyl (C=O) groups is 7. The summed E-state index contributed by atoms with van der Waals surface area (Å²) in [5.41, 5.74) is 0.203. The van der Waals surface area contributed by atoms with Crippen molar-refractivity contribution in [1.82, 2.24) is 31.1 Å². The molecule has 388 valence electrons. The van der Waals surface area contributed by atoms with Crippen molar-refractivity contribution in [1.29, 1.82) is 0 Å². The van der Waals surface area contributed by atoms with E-state index in [1.807, 2.05) is 99.6 Å². The molecule has 0 spiro atoms. The molecule has 69 heavy (non-hydrogen) atoms. The molecule has 1 aromatic rings. The van der Waals surface area contributed by atoms with E-state index in [-0.39, 0.29) is 92.6 Å². The standard InChI is InChI=1S/C53H86N6O10/c1-16-18-27-42(60)56-47(53(10,11)12)52(66)69-30-23-28-54-50(64)39(31-38-24-20-19-21-25-38)55-49(63)37(9)46(68-15)40-26-22-29-59(40)43(61)32-41(67-14)45(35(7)17-2)58(13)51(65)44(34(5)6)57-48(62)36(8)33(3)4/h1,19-21,24-25,33-37,39-41,44-47H,17-18,22-23,26-32H2,2-15H3,(H,54,64)(H,55,63)(H,56,60)(H,57,62)/t35-,36-,37+,39-,40-,41+,44-,45-,46+,47+/m1/s1. The van der Waals surface area contributed by atoms with Gasteiger partial charge in [-0.1, -0.05) is 113 Å². The summed E-state index contributed by atoms with van der Waals surface area (Å²) >= 11 is 0. The summed E-state index contributed by atoms with van der Waals surface area (Å²) in [5.74, 6) is -1.22. The molecule has 0 saturated carbocycles. The third kappa shape index (κ3) is 18.4. The summed E-state index contributed by atoms with van der Waals surface area (Å²) in [4.78, 5) is 98.5. The van der Waals surface area contributed by atoms with Gasteiger partial charge in [-0.25, -0.2) is 4.79 Å². The van der Waals surface area contributed by atoms with Gasteiger partial charge in [0.15, 0.2) is 0 Å². The zero-order valence-corrected chi connectivity index (χ0v) is 44.1. The lowest BCUT2D eigenvalue weighted by molar-refractivity contribution is -0.151. The molecule has 1 fully saturated rings. The van der Waals surface area contributed by atoms with Crippen LogP contribution in [0.4, 0.5) is 0 Å². The highest BCUT2D eigenvalue weighted by atomic mass is 16.5. The number of hydrogen-bond acceptors (Lipinski definition) is 10. The predicted molar refractivity (Wildman–Crippen MR) is 267 cm³/mol. The van der Waals surface area contributed by atoms with Crippen LogP contribution in [-0.4, -0.2) is 135 Å². The van der Waals surface area contributed by atoms with Crippen LogP contribution < -0.4 is 21.3 Å². The van der Waals surface area contributed by atoms with Crippen LogP contribution in [0.15, 0.2) is 30.3 Å². The predicted octanol–water partition coefficient (Wildman–Crippen LogP) is 5.06. The second-order valence-electron chi connectivity index (χ2n) is 20.5. The van der Waals surface area contributed by atoms with E-state index in [9.17, 15) is 33.6 Å². The van der Waals surface area contributed by atoms with E-state index in [2.05, 4.69) is 27.2 Å². The van der Waals surface area contributed by atoms with Gasteiger partial charge in [-0.15, -0.1) is 12.3 Å². The summed E-state index contributed by atoms with van der Waals surface area (Å²) in [7, 11) is 4.76. The van der Waals surface area contributed by atoms with Gasteiger partial charge in [0.2, 0.25) is 35.4 Å². The smallest absolute Gasteiger partial charge is 0.329 e. The number of likely N-dealkylation sites (N-methyl/N-ethyl adjacent to an activating group) is 1. The zero-order valence-electron chi connectivity index (χ0n) is 44.1. The Morgan fingerprint density at radius 1 is 0.870 bits per heavy atom. The number of rotatable bonds is 28. The van der Waals surface area contributed by atoms with Crippen LogP contribution in [0, 0.1) is 47.3 Å². The van der Waals surface area contributed by atoms with Crippen LogP contribution in [0.5, 0.6) is 0 Å². The monoisotopic (exact) mass is 967 g/mol. The van der Waals surface area contributed by atoms with Crippen LogP contribution in [0.1, 0.15) is 127 Å². The van der Waals surface area contributed by atoms with E-state index in [1.165, 1.54) is 14.2 Å². The Bertz CT molecular complexity index is 1860. The number of hydrogen-bond donors (Lipinski definition) is 4. The Labute approximate surface area is 413 Å². The summed E-state index contributed by atoms with van der Waals surface area (Å²) in [5, 5.41) is 11.5. The highest BCUT2D eigenvalue weighted by molar-refractivity contribution is 5.90. The molecule has 1 saturated heterocycles. The van der Waals surface area contributed by atoms with Gasteiger partial charge in [0, 0.05) is 59.5 Å². The number of carbonyl (C=O) groups excluding carboxylic acids is 7. The molecule has 1 aromatic carbocycles. The normalized spacial score (nSPS) is 17.8. The van der Waals surface area contributed by atoms with Crippen LogP contribution in [0.25, 0.3) is 0 Å². The Balaban J connectivity index is 2.22. The molecule has 10 atom stereocenters. The first-order valence-corrected chi connectivity index (χ1v) is 24.9. The van der Waals surface area contributed by atoms with Gasteiger partial charge in [-0.05, 0) is 48.0 Å². The van der Waals surface area contributed by atoms with Crippen molar-refractivity contribution in [3.8, 4) is 12.3 Å². The molecule has 1 aliphatic heterocycles. The topological polar surface area (TPSA) is 202 Å². The van der Waals surface area contributed by atoms with Crippen molar-refractivity contribution < 1.29 is 47.8 Å². The van der Waals surface area contributed by atoms with E-state index in [0.717, 1.165) is 5.56 Å². The summed E-state index contributed by atoms with van der Waals surface area (Å²) in [6.07, 6.45) is 6.66. The second-order valence-corrected chi connectivity index (χ2v) is 20.5. The number of nitrogens with one attached hydrogen (secondary N) is 4. The summed E-state index contributed by atoms with van der Waals surface area (Å²) in [6.45, 7) is 21.4. The molecular weight excluding hydrogens is 881 g/mol.